The summed E-state index contributed by atoms with van der Waals surface area (Å²) in [5.74, 6) is 1.07. The second-order valence-corrected chi connectivity index (χ2v) is 5.72. The highest BCUT2D eigenvalue weighted by Crippen LogP contribution is 2.40. The van der Waals surface area contributed by atoms with E-state index in [-0.39, 0.29) is 18.6 Å². The highest BCUT2D eigenvalue weighted by Gasteiger charge is 2.33. The molecule has 3 rings (SSSR count). The second-order valence-electron chi connectivity index (χ2n) is 5.72. The third kappa shape index (κ3) is 3.85. The quantitative estimate of drug-likeness (QED) is 0.891. The van der Waals surface area contributed by atoms with Gasteiger partial charge in [-0.2, -0.15) is 0 Å². The first-order valence-electron chi connectivity index (χ1n) is 7.62. The Morgan fingerprint density at radius 3 is 2.68 bits per heavy atom. The molecule has 114 valence electrons. The zero-order valence-corrected chi connectivity index (χ0v) is 12.7. The number of benzene rings is 1. The third-order valence-electron chi connectivity index (χ3n) is 3.82. The molecule has 1 aromatic heterocycles. The molecule has 1 fully saturated rings. The third-order valence-corrected chi connectivity index (χ3v) is 3.82. The Labute approximate surface area is 130 Å². The molecule has 22 heavy (non-hydrogen) atoms. The van der Waals surface area contributed by atoms with Crippen LogP contribution in [0, 0.1) is 12.8 Å². The molecule has 0 bridgehead atoms. The fourth-order valence-corrected chi connectivity index (χ4v) is 2.47. The Bertz CT molecular complexity index is 621. The number of pyridine rings is 1. The van der Waals surface area contributed by atoms with Crippen molar-refractivity contribution in [3.63, 3.8) is 0 Å². The van der Waals surface area contributed by atoms with E-state index in [0.29, 0.717) is 11.7 Å². The fraction of sp³-hybridized carbons (Fsp3) is 0.333. The lowest BCUT2D eigenvalue weighted by Gasteiger charge is -2.19. The van der Waals surface area contributed by atoms with Gasteiger partial charge in [0.25, 0.3) is 5.91 Å². The van der Waals surface area contributed by atoms with Crippen LogP contribution in [0.3, 0.4) is 0 Å². The number of ether oxygens (including phenoxy) is 1. The maximum absolute atomic E-state index is 12.1. The number of hydrogen-bond acceptors (Lipinski definition) is 3. The van der Waals surface area contributed by atoms with Crippen molar-refractivity contribution < 1.29 is 9.53 Å². The van der Waals surface area contributed by atoms with E-state index in [0.717, 1.165) is 11.3 Å². The van der Waals surface area contributed by atoms with Crippen molar-refractivity contribution >= 4 is 5.91 Å². The molecule has 1 aliphatic carbocycles. The van der Waals surface area contributed by atoms with E-state index in [2.05, 4.69) is 22.4 Å². The predicted octanol–water partition coefficient (Wildman–Crippen LogP) is 3.04. The van der Waals surface area contributed by atoms with E-state index in [9.17, 15) is 4.79 Å². The number of nitrogens with one attached hydrogen (secondary N) is 1. The summed E-state index contributed by atoms with van der Waals surface area (Å²) in [6.45, 7) is 1.93. The Kier molecular flexibility index (Phi) is 4.37. The topological polar surface area (TPSA) is 51.2 Å². The van der Waals surface area contributed by atoms with Gasteiger partial charge in [0.1, 0.15) is 5.75 Å². The molecular weight excluding hydrogens is 276 g/mol. The van der Waals surface area contributed by atoms with Crippen molar-refractivity contribution in [2.45, 2.75) is 25.8 Å². The summed E-state index contributed by atoms with van der Waals surface area (Å²) in [5.41, 5.74) is 2.09. The number of rotatable bonds is 6. The van der Waals surface area contributed by atoms with Crippen LogP contribution < -0.4 is 10.1 Å². The summed E-state index contributed by atoms with van der Waals surface area (Å²) in [6, 6.07) is 13.9. The van der Waals surface area contributed by atoms with Crippen molar-refractivity contribution in [1.82, 2.24) is 10.3 Å². The van der Waals surface area contributed by atoms with Crippen LogP contribution >= 0.6 is 0 Å². The van der Waals surface area contributed by atoms with E-state index < -0.39 is 0 Å². The summed E-state index contributed by atoms with van der Waals surface area (Å²) in [4.78, 5) is 16.3. The zero-order valence-electron chi connectivity index (χ0n) is 12.7. The van der Waals surface area contributed by atoms with Gasteiger partial charge in [-0.3, -0.25) is 9.78 Å². The highest BCUT2D eigenvalue weighted by molar-refractivity contribution is 5.78. The number of nitrogens with zero attached hydrogens (tertiary/aromatic N) is 1. The average Bonchev–Trinajstić information content (AvgIpc) is 3.38. The minimum absolute atomic E-state index is 0.0147. The SMILES string of the molecule is Cc1ccc(OCC(=O)NC(c2ccccc2)C2CC2)cn1. The van der Waals surface area contributed by atoms with E-state index in [1.54, 1.807) is 6.20 Å². The van der Waals surface area contributed by atoms with Gasteiger partial charge in [-0.25, -0.2) is 0 Å². The van der Waals surface area contributed by atoms with E-state index in [4.69, 9.17) is 4.74 Å². The van der Waals surface area contributed by atoms with Gasteiger partial charge in [0, 0.05) is 5.69 Å². The minimum Gasteiger partial charge on any atom is -0.482 e. The van der Waals surface area contributed by atoms with Gasteiger partial charge in [0.2, 0.25) is 0 Å². The fourth-order valence-electron chi connectivity index (χ4n) is 2.47. The van der Waals surface area contributed by atoms with Gasteiger partial charge in [0.05, 0.1) is 12.2 Å². The van der Waals surface area contributed by atoms with Gasteiger partial charge < -0.3 is 10.1 Å². The molecule has 0 saturated heterocycles. The normalized spacial score (nSPS) is 15.1. The maximum atomic E-state index is 12.1. The molecule has 1 heterocycles. The molecule has 0 aliphatic heterocycles. The molecule has 1 atom stereocenters. The Hall–Kier alpha value is -2.36. The molecule has 4 nitrogen and oxygen atoms in total. The highest BCUT2D eigenvalue weighted by atomic mass is 16.5. The standard InChI is InChI=1S/C18H20N2O2/c1-13-7-10-16(11-19-13)22-12-17(21)20-18(15-8-9-15)14-5-3-2-4-6-14/h2-7,10-11,15,18H,8-9,12H2,1H3,(H,20,21). The van der Waals surface area contributed by atoms with Gasteiger partial charge in [0.15, 0.2) is 6.61 Å². The first-order chi connectivity index (χ1) is 10.7. The Morgan fingerprint density at radius 2 is 2.05 bits per heavy atom. The van der Waals surface area contributed by atoms with Crippen LogP contribution in [0.1, 0.15) is 30.1 Å². The lowest BCUT2D eigenvalue weighted by Crippen LogP contribution is -2.33. The number of hydrogen-bond donors (Lipinski definition) is 1. The largest absolute Gasteiger partial charge is 0.482 e. The summed E-state index contributed by atoms with van der Waals surface area (Å²) < 4.78 is 5.49. The number of carbonyl (C=O) groups is 1. The van der Waals surface area contributed by atoms with Gasteiger partial charge >= 0.3 is 0 Å². The molecule has 1 unspecified atom stereocenters. The van der Waals surface area contributed by atoms with Crippen molar-refractivity contribution in [3.05, 3.63) is 59.9 Å². The molecule has 1 N–H and O–H groups in total. The monoisotopic (exact) mass is 296 g/mol. The molecule has 1 amide bonds. The van der Waals surface area contributed by atoms with Crippen molar-refractivity contribution in [2.24, 2.45) is 5.92 Å². The van der Waals surface area contributed by atoms with Crippen LogP contribution in [0.15, 0.2) is 48.7 Å². The Morgan fingerprint density at radius 1 is 1.27 bits per heavy atom. The molecule has 4 heteroatoms. The summed E-state index contributed by atoms with van der Waals surface area (Å²) in [6.07, 6.45) is 3.98. The lowest BCUT2D eigenvalue weighted by molar-refractivity contribution is -0.124. The van der Waals surface area contributed by atoms with Crippen LogP contribution in [-0.4, -0.2) is 17.5 Å². The molecule has 1 aliphatic rings. The first-order valence-corrected chi connectivity index (χ1v) is 7.62. The van der Waals surface area contributed by atoms with Crippen LogP contribution in [0.5, 0.6) is 5.75 Å². The molecule has 1 aromatic carbocycles. The van der Waals surface area contributed by atoms with Crippen LogP contribution in [0.4, 0.5) is 0 Å². The van der Waals surface area contributed by atoms with Crippen molar-refractivity contribution in [2.75, 3.05) is 6.61 Å². The predicted molar refractivity (Wildman–Crippen MR) is 84.5 cm³/mol. The number of carbonyl (C=O) groups excluding carboxylic acids is 1. The second kappa shape index (κ2) is 6.60. The molecule has 1 saturated carbocycles. The summed E-state index contributed by atoms with van der Waals surface area (Å²) >= 11 is 0. The van der Waals surface area contributed by atoms with Gasteiger partial charge in [-0.1, -0.05) is 30.3 Å². The van der Waals surface area contributed by atoms with E-state index in [1.807, 2.05) is 37.3 Å². The average molecular weight is 296 g/mol. The molecular formula is C18H20N2O2. The first kappa shape index (κ1) is 14.6. The van der Waals surface area contributed by atoms with Crippen molar-refractivity contribution in [3.8, 4) is 5.75 Å². The molecule has 0 radical (unpaired) electrons. The molecule has 2 aromatic rings. The number of amides is 1. The lowest BCUT2D eigenvalue weighted by atomic mass is 10.0. The maximum Gasteiger partial charge on any atom is 0.258 e. The summed E-state index contributed by atoms with van der Waals surface area (Å²) in [5, 5.41) is 3.09. The van der Waals surface area contributed by atoms with E-state index >= 15 is 0 Å². The van der Waals surface area contributed by atoms with Crippen molar-refractivity contribution in [1.29, 1.82) is 0 Å². The number of aromatic nitrogens is 1. The minimum atomic E-state index is -0.0960. The molecule has 0 spiro atoms. The zero-order chi connectivity index (χ0) is 15.4. The van der Waals surface area contributed by atoms with E-state index in [1.165, 1.54) is 12.8 Å². The van der Waals surface area contributed by atoms with Gasteiger partial charge in [-0.05, 0) is 43.4 Å². The summed E-state index contributed by atoms with van der Waals surface area (Å²) in [7, 11) is 0. The van der Waals surface area contributed by atoms with Crippen LogP contribution in [0.2, 0.25) is 0 Å². The van der Waals surface area contributed by atoms with Crippen LogP contribution in [-0.2, 0) is 4.79 Å². The van der Waals surface area contributed by atoms with Gasteiger partial charge in [-0.15, -0.1) is 0 Å². The Balaban J connectivity index is 1.56. The van der Waals surface area contributed by atoms with Crippen LogP contribution in [0.25, 0.3) is 0 Å². The smallest absolute Gasteiger partial charge is 0.258 e. The number of aryl methyl sites for hydroxylation is 1.